The van der Waals surface area contributed by atoms with Crippen molar-refractivity contribution in [2.75, 3.05) is 13.2 Å². The van der Waals surface area contributed by atoms with Gasteiger partial charge in [-0.25, -0.2) is 0 Å². The van der Waals surface area contributed by atoms with Crippen LogP contribution in [0.4, 0.5) is 0 Å². The highest BCUT2D eigenvalue weighted by molar-refractivity contribution is 9.10. The van der Waals surface area contributed by atoms with E-state index in [1.807, 2.05) is 66.7 Å². The summed E-state index contributed by atoms with van der Waals surface area (Å²) in [5.74, 6) is 0.0904. The summed E-state index contributed by atoms with van der Waals surface area (Å²) in [7, 11) is 0. The van der Waals surface area contributed by atoms with Crippen LogP contribution in [-0.4, -0.2) is 52.2 Å². The van der Waals surface area contributed by atoms with E-state index in [2.05, 4.69) is 20.9 Å². The summed E-state index contributed by atoms with van der Waals surface area (Å²) < 4.78 is 13.7. The zero-order valence-corrected chi connectivity index (χ0v) is 27.4. The molecule has 0 unspecified atom stereocenters. The number of phenolic OH excluding ortho intramolecular Hbond substituents is 1. The van der Waals surface area contributed by atoms with Gasteiger partial charge < -0.3 is 14.6 Å². The molecule has 0 spiro atoms. The Morgan fingerprint density at radius 1 is 1.00 bits per heavy atom. The predicted molar refractivity (Wildman–Crippen MR) is 180 cm³/mol. The number of rotatable bonds is 9. The largest absolute Gasteiger partial charge is 0.507 e. The number of aromatic hydroxyl groups is 1. The van der Waals surface area contributed by atoms with Gasteiger partial charge in [0.05, 0.1) is 30.2 Å². The maximum Gasteiger partial charge on any atom is 0.234 e. The molecule has 7 nitrogen and oxygen atoms in total. The highest BCUT2D eigenvalue weighted by Crippen LogP contribution is 2.51. The van der Waals surface area contributed by atoms with E-state index in [0.29, 0.717) is 38.0 Å². The predicted octanol–water partition coefficient (Wildman–Crippen LogP) is 7.60. The smallest absolute Gasteiger partial charge is 0.234 e. The molecule has 238 valence electrons. The van der Waals surface area contributed by atoms with E-state index in [-0.39, 0.29) is 47.5 Å². The van der Waals surface area contributed by atoms with Gasteiger partial charge in [-0.05, 0) is 97.4 Å². The number of hydrogen-bond donors (Lipinski definition) is 1. The van der Waals surface area contributed by atoms with Crippen LogP contribution in [0.2, 0.25) is 0 Å². The van der Waals surface area contributed by atoms with Crippen LogP contribution >= 0.6 is 15.9 Å². The molecule has 2 aliphatic carbocycles. The molecule has 1 N–H and O–H groups in total. The van der Waals surface area contributed by atoms with Crippen molar-refractivity contribution in [3.8, 4) is 11.5 Å². The lowest BCUT2D eigenvalue weighted by molar-refractivity contribution is -0.143. The van der Waals surface area contributed by atoms with Gasteiger partial charge in [-0.15, -0.1) is 0 Å². The number of para-hydroxylation sites is 1. The number of halogens is 1. The first-order chi connectivity index (χ1) is 22.5. The molecule has 2 aromatic carbocycles. The maximum absolute atomic E-state index is 14.0. The number of likely N-dealkylation sites (tertiary alicyclic amines) is 1. The second kappa shape index (κ2) is 13.5. The van der Waals surface area contributed by atoms with Crippen molar-refractivity contribution in [1.82, 2.24) is 9.88 Å². The van der Waals surface area contributed by atoms with E-state index < -0.39 is 0 Å². The van der Waals surface area contributed by atoms with Crippen molar-refractivity contribution in [2.45, 2.75) is 63.5 Å². The molecule has 1 aromatic heterocycles. The lowest BCUT2D eigenvalue weighted by atomic mass is 9.69. The topological polar surface area (TPSA) is 89.0 Å². The monoisotopic (exact) mass is 682 g/mol. The Hall–Kier alpha value is -3.75. The van der Waals surface area contributed by atoms with Crippen LogP contribution in [-0.2, 0) is 14.3 Å². The molecule has 2 saturated heterocycles. The molecule has 3 aromatic rings. The second-order valence-corrected chi connectivity index (χ2v) is 13.8. The minimum Gasteiger partial charge on any atom is -0.507 e. The van der Waals surface area contributed by atoms with Crippen molar-refractivity contribution >= 4 is 39.4 Å². The van der Waals surface area contributed by atoms with E-state index in [9.17, 15) is 14.7 Å². The fourth-order valence-electron chi connectivity index (χ4n) is 7.96. The Labute approximate surface area is 278 Å². The summed E-state index contributed by atoms with van der Waals surface area (Å²) in [6.45, 7) is 0.779. The van der Waals surface area contributed by atoms with Crippen molar-refractivity contribution in [2.24, 2.45) is 17.8 Å². The summed E-state index contributed by atoms with van der Waals surface area (Å²) in [6.07, 6.45) is 10.5. The number of allylic oxidation sites excluding steroid dienone is 1. The first kappa shape index (κ1) is 30.9. The lowest BCUT2D eigenvalue weighted by Crippen LogP contribution is -2.42. The van der Waals surface area contributed by atoms with Gasteiger partial charge in [-0.3, -0.25) is 19.5 Å². The quantitative estimate of drug-likeness (QED) is 0.185. The van der Waals surface area contributed by atoms with Crippen LogP contribution in [0.25, 0.3) is 11.6 Å². The van der Waals surface area contributed by atoms with Gasteiger partial charge in [0.25, 0.3) is 0 Å². The van der Waals surface area contributed by atoms with Gasteiger partial charge in [0.1, 0.15) is 18.1 Å². The number of hydrogen-bond acceptors (Lipinski definition) is 6. The molecule has 2 amide bonds. The van der Waals surface area contributed by atoms with Gasteiger partial charge >= 0.3 is 0 Å². The molecular weight excluding hydrogens is 644 g/mol. The minimum absolute atomic E-state index is 0.00382. The Bertz CT molecular complexity index is 1650. The second-order valence-electron chi connectivity index (χ2n) is 12.9. The number of amides is 2. The molecule has 1 saturated carbocycles. The van der Waals surface area contributed by atoms with E-state index in [1.165, 1.54) is 6.42 Å². The molecule has 0 radical (unpaired) electrons. The average molecular weight is 684 g/mol. The van der Waals surface area contributed by atoms with Crippen LogP contribution in [0.5, 0.6) is 11.5 Å². The number of carbonyl (C=O) groups is 2. The van der Waals surface area contributed by atoms with Gasteiger partial charge in [-0.1, -0.05) is 59.5 Å². The number of nitrogens with zero attached hydrogens (tertiary/aromatic N) is 2. The molecule has 2 aliphatic heterocycles. The summed E-state index contributed by atoms with van der Waals surface area (Å²) in [4.78, 5) is 34.2. The first-order valence-electron chi connectivity index (χ1n) is 16.5. The van der Waals surface area contributed by atoms with Crippen LogP contribution in [0, 0.1) is 17.8 Å². The Kier molecular flexibility index (Phi) is 9.09. The van der Waals surface area contributed by atoms with Gasteiger partial charge in [0, 0.05) is 28.2 Å². The number of ether oxygens (including phenoxy) is 2. The molecule has 0 bridgehead atoms. The van der Waals surface area contributed by atoms with Crippen molar-refractivity contribution in [3.05, 3.63) is 99.8 Å². The summed E-state index contributed by atoms with van der Waals surface area (Å²) in [6, 6.07) is 21.0. The number of fused-ring (bicyclic) bond motifs is 3. The normalized spacial score (nSPS) is 25.2. The Morgan fingerprint density at radius 3 is 2.59 bits per heavy atom. The van der Waals surface area contributed by atoms with Crippen LogP contribution in [0.1, 0.15) is 62.6 Å². The summed E-state index contributed by atoms with van der Waals surface area (Å²) >= 11 is 3.52. The maximum atomic E-state index is 14.0. The summed E-state index contributed by atoms with van der Waals surface area (Å²) in [5, 5.41) is 10.6. The standard InChI is InChI=1S/C38H39BrN2O5/c39-27-15-16-33(42)25(20-27)19-24(32-13-7-8-18-40-32)14-17-34-35-26(22-45-29-11-5-2-6-12-29)21-30-36(31(35)23-46-34)38(44)41(37(30)43)28-9-3-1-4-10-28/h2,5-8,11-13,15-16,18-20,28,30-31,34,36,42H,1,3-4,9-10,14,17,21-23H2/b24-19-/t30-,31+,34-,36-/m1/s1. The van der Waals surface area contributed by atoms with E-state index in [1.54, 1.807) is 17.2 Å². The third-order valence-electron chi connectivity index (χ3n) is 10.1. The van der Waals surface area contributed by atoms with Crippen LogP contribution < -0.4 is 4.74 Å². The molecule has 4 aliphatic rings. The highest BCUT2D eigenvalue weighted by Gasteiger charge is 2.58. The van der Waals surface area contributed by atoms with Crippen molar-refractivity contribution in [3.63, 3.8) is 0 Å². The molecule has 4 atom stereocenters. The Balaban J connectivity index is 1.19. The number of pyridine rings is 1. The van der Waals surface area contributed by atoms with Crippen molar-refractivity contribution in [1.29, 1.82) is 0 Å². The fraction of sp³-hybridized carbons (Fsp3) is 0.395. The SMILES string of the molecule is O=C1[C@@H]2[C@@H](CC(COc3ccccc3)=C3[C@@H](CC/C(=C/c4cc(Br)ccc4O)c4ccccn4)OC[C@@H]32)C(=O)N1C1CCCCC1. The zero-order valence-electron chi connectivity index (χ0n) is 25.8. The van der Waals surface area contributed by atoms with Gasteiger partial charge in [0.2, 0.25) is 11.8 Å². The number of benzene rings is 2. The van der Waals surface area contributed by atoms with Gasteiger partial charge in [-0.2, -0.15) is 0 Å². The lowest BCUT2D eigenvalue weighted by Gasteiger charge is -2.32. The van der Waals surface area contributed by atoms with Crippen molar-refractivity contribution < 1.29 is 24.2 Å². The first-order valence-corrected chi connectivity index (χ1v) is 17.3. The van der Waals surface area contributed by atoms with Crippen LogP contribution in [0.15, 0.2) is 88.5 Å². The number of phenols is 1. The number of aromatic nitrogens is 1. The number of imide groups is 1. The third-order valence-corrected chi connectivity index (χ3v) is 10.6. The molecule has 8 heteroatoms. The fourth-order valence-corrected chi connectivity index (χ4v) is 8.34. The minimum atomic E-state index is -0.376. The van der Waals surface area contributed by atoms with E-state index in [0.717, 1.165) is 58.3 Å². The van der Waals surface area contributed by atoms with Crippen LogP contribution in [0.3, 0.4) is 0 Å². The molecule has 3 fully saturated rings. The molecule has 7 rings (SSSR count). The van der Waals surface area contributed by atoms with E-state index >= 15 is 0 Å². The third kappa shape index (κ3) is 6.17. The zero-order chi connectivity index (χ0) is 31.6. The summed E-state index contributed by atoms with van der Waals surface area (Å²) in [5.41, 5.74) is 4.73. The highest BCUT2D eigenvalue weighted by atomic mass is 79.9. The van der Waals surface area contributed by atoms with E-state index in [4.69, 9.17) is 9.47 Å². The average Bonchev–Trinajstić information content (AvgIpc) is 3.62. The van der Waals surface area contributed by atoms with Gasteiger partial charge in [0.15, 0.2) is 0 Å². The molecule has 46 heavy (non-hydrogen) atoms. The molecular formula is C38H39BrN2O5. The Morgan fingerprint density at radius 2 is 1.80 bits per heavy atom. The molecule has 3 heterocycles. The number of carbonyl (C=O) groups excluding carboxylic acids is 2.